The molecule has 0 spiro atoms. The highest BCUT2D eigenvalue weighted by Gasteiger charge is 2.12. The lowest BCUT2D eigenvalue weighted by molar-refractivity contribution is -0.133. The number of rotatable bonds is 4. The van der Waals surface area contributed by atoms with Crippen LogP contribution in [0.4, 0.5) is 0 Å². The first-order valence-corrected chi connectivity index (χ1v) is 4.71. The quantitative estimate of drug-likeness (QED) is 0.663. The van der Waals surface area contributed by atoms with Crippen LogP contribution in [0.25, 0.3) is 0 Å². The molecule has 0 aliphatic carbocycles. The zero-order valence-electron chi connectivity index (χ0n) is 7.82. The molecule has 0 unspecified atom stereocenters. The molecule has 5 nitrogen and oxygen atoms in total. The van der Waals surface area contributed by atoms with E-state index < -0.39 is 5.91 Å². The highest BCUT2D eigenvalue weighted by atomic mass is 79.9. The summed E-state index contributed by atoms with van der Waals surface area (Å²) in [6, 6.07) is 4.86. The fourth-order valence-electron chi connectivity index (χ4n) is 0.985. The van der Waals surface area contributed by atoms with Crippen molar-refractivity contribution in [3.63, 3.8) is 0 Å². The zero-order chi connectivity index (χ0) is 11.3. The molecule has 0 atom stereocenters. The molecule has 0 saturated carbocycles. The topological polar surface area (TPSA) is 64.6 Å². The molecular weight excluding hydrogens is 266 g/mol. The number of methoxy groups -OCH3 is 1. The van der Waals surface area contributed by atoms with E-state index in [2.05, 4.69) is 20.8 Å². The average molecular weight is 274 g/mol. The van der Waals surface area contributed by atoms with Gasteiger partial charge in [-0.3, -0.25) is 9.59 Å². The van der Waals surface area contributed by atoms with Gasteiger partial charge in [-0.05, 0) is 18.2 Å². The Morgan fingerprint density at radius 3 is 2.87 bits per heavy atom. The Labute approximate surface area is 94.4 Å². The van der Waals surface area contributed by atoms with E-state index in [0.717, 1.165) is 4.47 Å². The summed E-state index contributed by atoms with van der Waals surface area (Å²) in [5.74, 6) is -0.164. The van der Waals surface area contributed by atoms with Crippen molar-refractivity contribution in [1.29, 1.82) is 0 Å². The van der Waals surface area contributed by atoms with Crippen molar-refractivity contribution in [2.24, 2.45) is 0 Å². The third kappa shape index (κ3) is 2.95. The second-order valence-corrected chi connectivity index (χ2v) is 3.41. The van der Waals surface area contributed by atoms with Gasteiger partial charge < -0.3 is 9.57 Å². The van der Waals surface area contributed by atoms with Gasteiger partial charge in [0.1, 0.15) is 5.75 Å². The molecule has 1 aromatic carbocycles. The smallest absolute Gasteiger partial charge is 0.320 e. The molecule has 0 aliphatic rings. The SMILES string of the molecule is COc1cc(Br)ccc1C(=O)NOC=O. The van der Waals surface area contributed by atoms with Gasteiger partial charge in [-0.1, -0.05) is 15.9 Å². The van der Waals surface area contributed by atoms with Gasteiger partial charge in [0.05, 0.1) is 12.7 Å². The molecule has 1 amide bonds. The normalized spacial score (nSPS) is 9.20. The predicted molar refractivity (Wildman–Crippen MR) is 55.3 cm³/mol. The van der Waals surface area contributed by atoms with Gasteiger partial charge in [0, 0.05) is 4.47 Å². The molecule has 6 heteroatoms. The molecule has 0 radical (unpaired) electrons. The van der Waals surface area contributed by atoms with Crippen LogP contribution in [0.1, 0.15) is 10.4 Å². The first-order valence-electron chi connectivity index (χ1n) is 3.92. The van der Waals surface area contributed by atoms with Crippen LogP contribution in [0.15, 0.2) is 22.7 Å². The van der Waals surface area contributed by atoms with Gasteiger partial charge in [0.2, 0.25) is 0 Å². The van der Waals surface area contributed by atoms with Crippen LogP contribution >= 0.6 is 15.9 Å². The van der Waals surface area contributed by atoms with Crippen LogP contribution in [-0.2, 0) is 9.63 Å². The molecule has 1 aromatic rings. The molecule has 1 N–H and O–H groups in total. The van der Waals surface area contributed by atoms with E-state index >= 15 is 0 Å². The molecule has 0 bridgehead atoms. The summed E-state index contributed by atoms with van der Waals surface area (Å²) >= 11 is 3.24. The maximum atomic E-state index is 11.4. The Balaban J connectivity index is 2.92. The molecule has 0 heterocycles. The molecule has 1 rings (SSSR count). The highest BCUT2D eigenvalue weighted by molar-refractivity contribution is 9.10. The second kappa shape index (κ2) is 5.35. The van der Waals surface area contributed by atoms with E-state index in [9.17, 15) is 9.59 Å². The molecule has 0 aromatic heterocycles. The van der Waals surface area contributed by atoms with Crippen molar-refractivity contribution < 1.29 is 19.2 Å². The Morgan fingerprint density at radius 1 is 1.53 bits per heavy atom. The number of amides is 1. The highest BCUT2D eigenvalue weighted by Crippen LogP contribution is 2.23. The van der Waals surface area contributed by atoms with E-state index in [0.29, 0.717) is 5.75 Å². The van der Waals surface area contributed by atoms with Gasteiger partial charge in [-0.15, -0.1) is 0 Å². The van der Waals surface area contributed by atoms with Crippen LogP contribution in [-0.4, -0.2) is 19.5 Å². The van der Waals surface area contributed by atoms with Gasteiger partial charge in [-0.25, -0.2) is 0 Å². The Bertz CT molecular complexity index is 380. The van der Waals surface area contributed by atoms with Gasteiger partial charge in [-0.2, -0.15) is 5.48 Å². The number of hydrogen-bond donors (Lipinski definition) is 1. The molecule has 15 heavy (non-hydrogen) atoms. The first-order chi connectivity index (χ1) is 7.19. The van der Waals surface area contributed by atoms with Crippen molar-refractivity contribution in [2.75, 3.05) is 7.11 Å². The Morgan fingerprint density at radius 2 is 2.27 bits per heavy atom. The number of ether oxygens (including phenoxy) is 1. The van der Waals surface area contributed by atoms with Crippen LogP contribution in [0.3, 0.4) is 0 Å². The lowest BCUT2D eigenvalue weighted by Crippen LogP contribution is -2.23. The number of benzene rings is 1. The number of carbonyl (C=O) groups is 2. The number of nitrogens with one attached hydrogen (secondary N) is 1. The summed E-state index contributed by atoms with van der Waals surface area (Å²) in [7, 11) is 1.44. The summed E-state index contributed by atoms with van der Waals surface area (Å²) in [6.07, 6.45) is 0. The fourth-order valence-corrected chi connectivity index (χ4v) is 1.33. The molecule has 80 valence electrons. The Hall–Kier alpha value is -1.56. The zero-order valence-corrected chi connectivity index (χ0v) is 9.41. The van der Waals surface area contributed by atoms with Gasteiger partial charge in [0.15, 0.2) is 0 Å². The fraction of sp³-hybridized carbons (Fsp3) is 0.111. The third-order valence-corrected chi connectivity index (χ3v) is 2.10. The van der Waals surface area contributed by atoms with Crippen molar-refractivity contribution in [3.05, 3.63) is 28.2 Å². The number of carbonyl (C=O) groups excluding carboxylic acids is 2. The van der Waals surface area contributed by atoms with Crippen LogP contribution < -0.4 is 10.2 Å². The number of halogens is 1. The standard InChI is InChI=1S/C9H8BrNO4/c1-14-8-4-6(10)2-3-7(8)9(13)11-15-5-12/h2-5H,1H3,(H,11,13). The average Bonchev–Trinajstić information content (AvgIpc) is 2.25. The summed E-state index contributed by atoms with van der Waals surface area (Å²) in [6.45, 7) is 0.128. The lowest BCUT2D eigenvalue weighted by atomic mass is 10.2. The summed E-state index contributed by atoms with van der Waals surface area (Å²) in [5.41, 5.74) is 2.22. The van der Waals surface area contributed by atoms with Crippen molar-refractivity contribution in [3.8, 4) is 5.75 Å². The molecule has 0 aliphatic heterocycles. The lowest BCUT2D eigenvalue weighted by Gasteiger charge is -2.07. The number of hydroxylamine groups is 1. The second-order valence-electron chi connectivity index (χ2n) is 2.49. The minimum absolute atomic E-state index is 0.128. The summed E-state index contributed by atoms with van der Waals surface area (Å²) < 4.78 is 5.78. The van der Waals surface area contributed by atoms with E-state index in [4.69, 9.17) is 4.74 Å². The molecule has 0 saturated heterocycles. The minimum atomic E-state index is -0.550. The largest absolute Gasteiger partial charge is 0.496 e. The van der Waals surface area contributed by atoms with Crippen LogP contribution in [0.5, 0.6) is 5.75 Å². The van der Waals surface area contributed by atoms with E-state index in [1.165, 1.54) is 7.11 Å². The van der Waals surface area contributed by atoms with Crippen LogP contribution in [0.2, 0.25) is 0 Å². The van der Waals surface area contributed by atoms with Crippen molar-refractivity contribution >= 4 is 28.3 Å². The van der Waals surface area contributed by atoms with E-state index in [-0.39, 0.29) is 12.0 Å². The maximum Gasteiger partial charge on any atom is 0.320 e. The Kier molecular flexibility index (Phi) is 4.11. The van der Waals surface area contributed by atoms with E-state index in [1.807, 2.05) is 5.48 Å². The van der Waals surface area contributed by atoms with Gasteiger partial charge in [0.25, 0.3) is 5.91 Å². The monoisotopic (exact) mass is 273 g/mol. The third-order valence-electron chi connectivity index (χ3n) is 1.61. The minimum Gasteiger partial charge on any atom is -0.496 e. The number of hydrogen-bond acceptors (Lipinski definition) is 4. The maximum absolute atomic E-state index is 11.4. The van der Waals surface area contributed by atoms with E-state index in [1.54, 1.807) is 18.2 Å². The van der Waals surface area contributed by atoms with Crippen molar-refractivity contribution in [1.82, 2.24) is 5.48 Å². The molecular formula is C9H8BrNO4. The predicted octanol–water partition coefficient (Wildman–Crippen LogP) is 1.28. The molecule has 0 fully saturated rings. The summed E-state index contributed by atoms with van der Waals surface area (Å²) in [4.78, 5) is 25.4. The first kappa shape index (κ1) is 11.5. The van der Waals surface area contributed by atoms with Crippen molar-refractivity contribution in [2.45, 2.75) is 0 Å². The summed E-state index contributed by atoms with van der Waals surface area (Å²) in [5, 5.41) is 0. The van der Waals surface area contributed by atoms with Crippen LogP contribution in [0, 0.1) is 0 Å². The van der Waals surface area contributed by atoms with Gasteiger partial charge >= 0.3 is 6.47 Å².